The number of carbonyl (C=O) groups excluding carboxylic acids is 1. The molecule has 0 radical (unpaired) electrons. The van der Waals surface area contributed by atoms with Crippen LogP contribution in [0.25, 0.3) is 0 Å². The number of carbonyl (C=O) groups is 1. The first kappa shape index (κ1) is 12.0. The lowest BCUT2D eigenvalue weighted by Gasteiger charge is -2.29. The van der Waals surface area contributed by atoms with Crippen LogP contribution in [0.1, 0.15) is 18.4 Å². The molecule has 0 aliphatic carbocycles. The Bertz CT molecular complexity index is 560. The number of nitrogens with zero attached hydrogens (tertiary/aromatic N) is 2. The summed E-state index contributed by atoms with van der Waals surface area (Å²) >= 11 is 0. The molecule has 0 unspecified atom stereocenters. The number of benzene rings is 1. The normalized spacial score (nSPS) is 14.2. The van der Waals surface area contributed by atoms with Crippen molar-refractivity contribution in [2.24, 2.45) is 0 Å². The van der Waals surface area contributed by atoms with E-state index in [-0.39, 0.29) is 5.91 Å². The van der Waals surface area contributed by atoms with E-state index in [1.807, 2.05) is 46.1 Å². The fourth-order valence-electron chi connectivity index (χ4n) is 2.67. The van der Waals surface area contributed by atoms with Crippen molar-refractivity contribution in [2.75, 3.05) is 11.4 Å². The number of hydrogen-bond donors (Lipinski definition) is 0. The second kappa shape index (κ2) is 5.31. The molecule has 1 aromatic heterocycles. The maximum Gasteiger partial charge on any atom is 0.228 e. The first-order valence-electron chi connectivity index (χ1n) is 6.83. The highest BCUT2D eigenvalue weighted by Crippen LogP contribution is 2.27. The van der Waals surface area contributed by atoms with Gasteiger partial charge in [-0.3, -0.25) is 4.79 Å². The molecule has 1 aromatic carbocycles. The highest BCUT2D eigenvalue weighted by Gasteiger charge is 2.21. The Kier molecular flexibility index (Phi) is 3.36. The number of aromatic nitrogens is 1. The van der Waals surface area contributed by atoms with E-state index in [2.05, 4.69) is 12.1 Å². The second-order valence-corrected chi connectivity index (χ2v) is 4.95. The third-order valence-corrected chi connectivity index (χ3v) is 3.66. The topological polar surface area (TPSA) is 25.2 Å². The van der Waals surface area contributed by atoms with Crippen LogP contribution in [0, 0.1) is 0 Å². The van der Waals surface area contributed by atoms with Crippen LogP contribution in [0.5, 0.6) is 0 Å². The molecule has 1 aliphatic rings. The Balaban J connectivity index is 1.71. The highest BCUT2D eigenvalue weighted by atomic mass is 16.2. The van der Waals surface area contributed by atoms with E-state index < -0.39 is 0 Å². The van der Waals surface area contributed by atoms with Gasteiger partial charge >= 0.3 is 0 Å². The Hall–Kier alpha value is -2.03. The molecule has 3 rings (SSSR count). The monoisotopic (exact) mass is 254 g/mol. The third-order valence-electron chi connectivity index (χ3n) is 3.66. The van der Waals surface area contributed by atoms with Crippen LogP contribution in [0.2, 0.25) is 0 Å². The Morgan fingerprint density at radius 2 is 1.89 bits per heavy atom. The van der Waals surface area contributed by atoms with Gasteiger partial charge in [0.15, 0.2) is 0 Å². The predicted molar refractivity (Wildman–Crippen MR) is 76.2 cm³/mol. The van der Waals surface area contributed by atoms with Crippen LogP contribution in [-0.2, 0) is 17.8 Å². The molecule has 1 aliphatic heterocycles. The third kappa shape index (κ3) is 2.55. The zero-order valence-electron chi connectivity index (χ0n) is 11.0. The van der Waals surface area contributed by atoms with Crippen molar-refractivity contribution in [1.29, 1.82) is 0 Å². The molecule has 2 heterocycles. The lowest BCUT2D eigenvalue weighted by atomic mass is 10.0. The standard InChI is InChI=1S/C16H18N2O/c19-16(9-13-17-10-3-4-11-17)18-12-5-7-14-6-1-2-8-15(14)18/h1-4,6,8,10-11H,5,7,9,12-13H2. The minimum Gasteiger partial charge on any atom is -0.354 e. The van der Waals surface area contributed by atoms with Crippen molar-refractivity contribution in [3.8, 4) is 0 Å². The molecular weight excluding hydrogens is 236 g/mol. The summed E-state index contributed by atoms with van der Waals surface area (Å²) in [5.41, 5.74) is 2.40. The van der Waals surface area contributed by atoms with Crippen molar-refractivity contribution in [1.82, 2.24) is 4.57 Å². The van der Waals surface area contributed by atoms with Crippen LogP contribution >= 0.6 is 0 Å². The number of hydrogen-bond acceptors (Lipinski definition) is 1. The average Bonchev–Trinajstić information content (AvgIpc) is 2.97. The van der Waals surface area contributed by atoms with Crippen LogP contribution in [0.3, 0.4) is 0 Å². The van der Waals surface area contributed by atoms with E-state index in [0.717, 1.165) is 31.6 Å². The van der Waals surface area contributed by atoms with Crippen LogP contribution in [-0.4, -0.2) is 17.0 Å². The lowest BCUT2D eigenvalue weighted by molar-refractivity contribution is -0.118. The number of aryl methyl sites for hydroxylation is 2. The molecule has 0 saturated carbocycles. The van der Waals surface area contributed by atoms with Crippen molar-refractivity contribution in [2.45, 2.75) is 25.8 Å². The summed E-state index contributed by atoms with van der Waals surface area (Å²) in [6.45, 7) is 1.60. The Morgan fingerprint density at radius 1 is 1.11 bits per heavy atom. The number of para-hydroxylation sites is 1. The fraction of sp³-hybridized carbons (Fsp3) is 0.312. The van der Waals surface area contributed by atoms with Crippen molar-refractivity contribution >= 4 is 11.6 Å². The zero-order valence-corrected chi connectivity index (χ0v) is 11.0. The van der Waals surface area contributed by atoms with Crippen molar-refractivity contribution in [3.05, 3.63) is 54.4 Å². The van der Waals surface area contributed by atoms with E-state index in [1.165, 1.54) is 5.56 Å². The van der Waals surface area contributed by atoms with Crippen LogP contribution in [0.4, 0.5) is 5.69 Å². The molecule has 1 amide bonds. The number of anilines is 1. The molecule has 0 spiro atoms. The van der Waals surface area contributed by atoms with Gasteiger partial charge in [-0.05, 0) is 36.6 Å². The Morgan fingerprint density at radius 3 is 2.74 bits per heavy atom. The molecule has 3 nitrogen and oxygen atoms in total. The summed E-state index contributed by atoms with van der Waals surface area (Å²) in [7, 11) is 0. The molecule has 98 valence electrons. The molecule has 0 fully saturated rings. The molecule has 0 bridgehead atoms. The molecule has 0 N–H and O–H groups in total. The number of amides is 1. The largest absolute Gasteiger partial charge is 0.354 e. The van der Waals surface area contributed by atoms with Gasteiger partial charge in [0.2, 0.25) is 5.91 Å². The van der Waals surface area contributed by atoms with Crippen LogP contribution in [0.15, 0.2) is 48.8 Å². The van der Waals surface area contributed by atoms with E-state index in [4.69, 9.17) is 0 Å². The minimum atomic E-state index is 0.223. The SMILES string of the molecule is O=C(CCn1cccc1)N1CCCc2ccccc21. The summed E-state index contributed by atoms with van der Waals surface area (Å²) < 4.78 is 2.05. The van der Waals surface area contributed by atoms with Gasteiger partial charge < -0.3 is 9.47 Å². The Labute approximate surface area is 113 Å². The van der Waals surface area contributed by atoms with E-state index in [0.29, 0.717) is 6.42 Å². The van der Waals surface area contributed by atoms with Crippen LogP contribution < -0.4 is 4.90 Å². The maximum atomic E-state index is 12.4. The van der Waals surface area contributed by atoms with Crippen molar-refractivity contribution < 1.29 is 4.79 Å². The first-order chi connectivity index (χ1) is 9.34. The van der Waals surface area contributed by atoms with Gasteiger partial charge in [-0.15, -0.1) is 0 Å². The molecule has 19 heavy (non-hydrogen) atoms. The smallest absolute Gasteiger partial charge is 0.228 e. The second-order valence-electron chi connectivity index (χ2n) is 4.95. The summed E-state index contributed by atoms with van der Waals surface area (Å²) in [6, 6.07) is 12.2. The number of fused-ring (bicyclic) bond motifs is 1. The van der Waals surface area contributed by atoms with Gasteiger partial charge in [-0.25, -0.2) is 0 Å². The first-order valence-corrected chi connectivity index (χ1v) is 6.83. The fourth-order valence-corrected chi connectivity index (χ4v) is 2.67. The lowest BCUT2D eigenvalue weighted by Crippen LogP contribution is -2.35. The molecular formula is C16H18N2O. The molecule has 0 atom stereocenters. The highest BCUT2D eigenvalue weighted by molar-refractivity contribution is 5.94. The van der Waals surface area contributed by atoms with Gasteiger partial charge in [0.05, 0.1) is 0 Å². The van der Waals surface area contributed by atoms with E-state index >= 15 is 0 Å². The molecule has 2 aromatic rings. The molecule has 0 saturated heterocycles. The molecule has 3 heteroatoms. The van der Waals surface area contributed by atoms with Gasteiger partial charge in [-0.2, -0.15) is 0 Å². The van der Waals surface area contributed by atoms with E-state index in [9.17, 15) is 4.79 Å². The average molecular weight is 254 g/mol. The predicted octanol–water partition coefficient (Wildman–Crippen LogP) is 2.86. The summed E-state index contributed by atoms with van der Waals surface area (Å²) in [5, 5.41) is 0. The van der Waals surface area contributed by atoms with Gasteiger partial charge in [0, 0.05) is 37.6 Å². The number of rotatable bonds is 3. The summed E-state index contributed by atoms with van der Waals surface area (Å²) in [4.78, 5) is 14.3. The zero-order chi connectivity index (χ0) is 13.1. The van der Waals surface area contributed by atoms with Gasteiger partial charge in [0.25, 0.3) is 0 Å². The summed E-state index contributed by atoms with van der Waals surface area (Å²) in [6.07, 6.45) is 6.70. The van der Waals surface area contributed by atoms with Gasteiger partial charge in [0.1, 0.15) is 0 Å². The maximum absolute atomic E-state index is 12.4. The van der Waals surface area contributed by atoms with Gasteiger partial charge in [-0.1, -0.05) is 18.2 Å². The minimum absolute atomic E-state index is 0.223. The van der Waals surface area contributed by atoms with E-state index in [1.54, 1.807) is 0 Å². The quantitative estimate of drug-likeness (QED) is 0.826. The summed E-state index contributed by atoms with van der Waals surface area (Å²) in [5.74, 6) is 0.223. The van der Waals surface area contributed by atoms with Crippen molar-refractivity contribution in [3.63, 3.8) is 0 Å².